The Morgan fingerprint density at radius 3 is 2.89 bits per heavy atom. The number of nitrogens with one attached hydrogen (secondary N) is 1. The number of hydrogen-bond donors (Lipinski definition) is 1. The highest BCUT2D eigenvalue weighted by atomic mass is 35.5. The van der Waals surface area contributed by atoms with Crippen molar-refractivity contribution < 1.29 is 4.42 Å². The third-order valence-corrected chi connectivity index (χ3v) is 3.73. The Kier molecular flexibility index (Phi) is 1.97. The van der Waals surface area contributed by atoms with Crippen LogP contribution in [0.4, 0.5) is 0 Å². The summed E-state index contributed by atoms with van der Waals surface area (Å²) < 4.78 is 5.99. The van der Waals surface area contributed by atoms with E-state index in [0.717, 1.165) is 39.1 Å². The summed E-state index contributed by atoms with van der Waals surface area (Å²) in [6, 6.07) is 10.1. The van der Waals surface area contributed by atoms with E-state index in [4.69, 9.17) is 16.0 Å². The van der Waals surface area contributed by atoms with Gasteiger partial charge in [0.05, 0.1) is 6.54 Å². The van der Waals surface area contributed by atoms with Crippen molar-refractivity contribution in [2.45, 2.75) is 6.54 Å². The van der Waals surface area contributed by atoms with Crippen molar-refractivity contribution in [3.8, 4) is 0 Å². The van der Waals surface area contributed by atoms with Crippen LogP contribution in [0, 0.1) is 0 Å². The van der Waals surface area contributed by atoms with Gasteiger partial charge in [-0.1, -0.05) is 29.8 Å². The summed E-state index contributed by atoms with van der Waals surface area (Å²) in [5, 5.41) is 7.18. The van der Waals surface area contributed by atoms with Crippen molar-refractivity contribution in [3.05, 3.63) is 52.9 Å². The van der Waals surface area contributed by atoms with E-state index in [-0.39, 0.29) is 0 Å². The van der Waals surface area contributed by atoms with Crippen LogP contribution in [-0.4, -0.2) is 0 Å². The highest BCUT2D eigenvalue weighted by Gasteiger charge is 2.16. The second kappa shape index (κ2) is 3.53. The molecular formula is C15H10ClNO. The third-order valence-electron chi connectivity index (χ3n) is 3.41. The van der Waals surface area contributed by atoms with Crippen LogP contribution in [0.2, 0.25) is 5.02 Å². The fourth-order valence-electron chi connectivity index (χ4n) is 2.55. The summed E-state index contributed by atoms with van der Waals surface area (Å²) in [4.78, 5) is 0. The van der Waals surface area contributed by atoms with Crippen LogP contribution >= 0.6 is 11.6 Å². The molecule has 0 amide bonds. The molecule has 0 fully saturated rings. The zero-order valence-electron chi connectivity index (χ0n) is 9.53. The molecule has 2 nitrogen and oxygen atoms in total. The van der Waals surface area contributed by atoms with Crippen molar-refractivity contribution in [2.75, 3.05) is 0 Å². The second-order valence-electron chi connectivity index (χ2n) is 4.43. The number of fused-ring (bicyclic) bond motifs is 5. The number of rotatable bonds is 0. The van der Waals surface area contributed by atoms with Gasteiger partial charge in [0.1, 0.15) is 11.3 Å². The van der Waals surface area contributed by atoms with E-state index in [1.807, 2.05) is 18.3 Å². The molecule has 1 N–H and O–H groups in total. The van der Waals surface area contributed by atoms with Gasteiger partial charge in [0.15, 0.2) is 0 Å². The minimum atomic E-state index is 0.739. The lowest BCUT2D eigenvalue weighted by Gasteiger charge is -2.04. The molecule has 1 aliphatic heterocycles. The molecule has 4 rings (SSSR count). The van der Waals surface area contributed by atoms with E-state index in [0.29, 0.717) is 0 Å². The number of benzene rings is 2. The SMILES string of the molecule is Clc1cccc2c1ccc1c3c(oc12)CNC=C3. The lowest BCUT2D eigenvalue weighted by atomic mass is 10.0. The highest BCUT2D eigenvalue weighted by Crippen LogP contribution is 2.36. The van der Waals surface area contributed by atoms with Gasteiger partial charge in [-0.05, 0) is 24.4 Å². The molecule has 3 aromatic rings. The van der Waals surface area contributed by atoms with Gasteiger partial charge in [0.2, 0.25) is 0 Å². The Labute approximate surface area is 109 Å². The molecule has 18 heavy (non-hydrogen) atoms. The van der Waals surface area contributed by atoms with Crippen molar-refractivity contribution in [1.29, 1.82) is 0 Å². The quantitative estimate of drug-likeness (QED) is 0.647. The molecule has 2 heterocycles. The van der Waals surface area contributed by atoms with Crippen molar-refractivity contribution in [3.63, 3.8) is 0 Å². The van der Waals surface area contributed by atoms with Crippen LogP contribution in [0.25, 0.3) is 27.8 Å². The van der Waals surface area contributed by atoms with E-state index in [1.54, 1.807) is 0 Å². The van der Waals surface area contributed by atoms with Crippen LogP contribution < -0.4 is 5.32 Å². The largest absolute Gasteiger partial charge is 0.458 e. The average Bonchev–Trinajstić information content (AvgIpc) is 2.78. The molecule has 0 spiro atoms. The smallest absolute Gasteiger partial charge is 0.142 e. The number of halogens is 1. The van der Waals surface area contributed by atoms with Gasteiger partial charge in [-0.15, -0.1) is 0 Å². The zero-order chi connectivity index (χ0) is 12.1. The van der Waals surface area contributed by atoms with Gasteiger partial charge in [-0.25, -0.2) is 0 Å². The molecule has 1 aromatic heterocycles. The Bertz CT molecular complexity index is 801. The van der Waals surface area contributed by atoms with Crippen LogP contribution in [0.1, 0.15) is 11.3 Å². The Hall–Kier alpha value is -1.93. The fourth-order valence-corrected chi connectivity index (χ4v) is 2.79. The minimum Gasteiger partial charge on any atom is -0.458 e. The van der Waals surface area contributed by atoms with Gasteiger partial charge in [-0.3, -0.25) is 0 Å². The Morgan fingerprint density at radius 2 is 1.94 bits per heavy atom. The van der Waals surface area contributed by atoms with Crippen LogP contribution in [0.5, 0.6) is 0 Å². The second-order valence-corrected chi connectivity index (χ2v) is 4.84. The molecule has 88 valence electrons. The average molecular weight is 256 g/mol. The molecular weight excluding hydrogens is 246 g/mol. The van der Waals surface area contributed by atoms with E-state index in [9.17, 15) is 0 Å². The Balaban J connectivity index is 2.21. The predicted molar refractivity (Wildman–Crippen MR) is 74.6 cm³/mol. The van der Waals surface area contributed by atoms with Gasteiger partial charge in [0, 0.05) is 26.7 Å². The number of furan rings is 1. The summed E-state index contributed by atoms with van der Waals surface area (Å²) in [6.07, 6.45) is 4.01. The number of hydrogen-bond acceptors (Lipinski definition) is 2. The maximum Gasteiger partial charge on any atom is 0.142 e. The first-order valence-electron chi connectivity index (χ1n) is 5.87. The first-order valence-corrected chi connectivity index (χ1v) is 6.25. The monoisotopic (exact) mass is 255 g/mol. The van der Waals surface area contributed by atoms with Crippen molar-refractivity contribution in [2.24, 2.45) is 0 Å². The maximum absolute atomic E-state index is 6.22. The standard InChI is InChI=1S/C15H10ClNO/c16-13-3-1-2-11-9(13)4-5-12-10-6-7-17-8-14(10)18-15(11)12/h1-7,17H,8H2. The fraction of sp³-hybridized carbons (Fsp3) is 0.0667. The zero-order valence-corrected chi connectivity index (χ0v) is 10.3. The van der Waals surface area contributed by atoms with Gasteiger partial charge in [0.25, 0.3) is 0 Å². The lowest BCUT2D eigenvalue weighted by Crippen LogP contribution is -2.07. The maximum atomic E-state index is 6.22. The van der Waals surface area contributed by atoms with E-state index < -0.39 is 0 Å². The topological polar surface area (TPSA) is 25.2 Å². The molecule has 3 heteroatoms. The molecule has 0 unspecified atom stereocenters. The first-order chi connectivity index (χ1) is 8.84. The highest BCUT2D eigenvalue weighted by molar-refractivity contribution is 6.36. The Morgan fingerprint density at radius 1 is 1.06 bits per heavy atom. The predicted octanol–water partition coefficient (Wildman–Crippen LogP) is 4.31. The molecule has 0 atom stereocenters. The first kappa shape index (κ1) is 10.0. The minimum absolute atomic E-state index is 0.739. The normalized spacial score (nSPS) is 13.8. The summed E-state index contributed by atoms with van der Waals surface area (Å²) in [7, 11) is 0. The van der Waals surface area contributed by atoms with Crippen LogP contribution in [0.3, 0.4) is 0 Å². The van der Waals surface area contributed by atoms with E-state index in [1.165, 1.54) is 5.56 Å². The van der Waals surface area contributed by atoms with Crippen molar-refractivity contribution in [1.82, 2.24) is 5.32 Å². The molecule has 0 radical (unpaired) electrons. The molecule has 0 bridgehead atoms. The van der Waals surface area contributed by atoms with Crippen molar-refractivity contribution >= 4 is 39.4 Å². The van der Waals surface area contributed by atoms with Gasteiger partial charge in [-0.2, -0.15) is 0 Å². The summed E-state index contributed by atoms with van der Waals surface area (Å²) in [6.45, 7) is 0.739. The lowest BCUT2D eigenvalue weighted by molar-refractivity contribution is 0.534. The molecule has 0 saturated carbocycles. The molecule has 1 aliphatic rings. The van der Waals surface area contributed by atoms with E-state index >= 15 is 0 Å². The third kappa shape index (κ3) is 1.24. The summed E-state index contributed by atoms with van der Waals surface area (Å²) >= 11 is 6.22. The summed E-state index contributed by atoms with van der Waals surface area (Å²) in [5.41, 5.74) is 2.10. The molecule has 2 aromatic carbocycles. The molecule has 0 aliphatic carbocycles. The van der Waals surface area contributed by atoms with Gasteiger partial charge < -0.3 is 9.73 Å². The van der Waals surface area contributed by atoms with Gasteiger partial charge >= 0.3 is 0 Å². The molecule has 0 saturated heterocycles. The van der Waals surface area contributed by atoms with E-state index in [2.05, 4.69) is 29.6 Å². The summed E-state index contributed by atoms with van der Waals surface area (Å²) in [5.74, 6) is 0.986. The van der Waals surface area contributed by atoms with Crippen LogP contribution in [0.15, 0.2) is 40.9 Å². The van der Waals surface area contributed by atoms with Crippen LogP contribution in [-0.2, 0) is 6.54 Å².